The fourth-order valence-electron chi connectivity index (χ4n) is 3.13. The molecule has 3 aromatic rings. The van der Waals surface area contributed by atoms with Crippen molar-refractivity contribution in [2.45, 2.75) is 6.54 Å². The van der Waals surface area contributed by atoms with Gasteiger partial charge in [0.25, 0.3) is 0 Å². The zero-order valence-electron chi connectivity index (χ0n) is 12.9. The van der Waals surface area contributed by atoms with Gasteiger partial charge in [0, 0.05) is 30.5 Å². The standard InChI is InChI=1S/C19H19BrN2O/c20-18-16-12-14(13-22-8-10-23-11-9-22)6-7-17(16)21-19(18)15-4-2-1-3-5-15/h1-7,12,21H,8-11,13H2. The zero-order chi connectivity index (χ0) is 15.6. The van der Waals surface area contributed by atoms with Crippen LogP contribution >= 0.6 is 15.9 Å². The molecule has 2 aromatic carbocycles. The molecule has 0 atom stereocenters. The van der Waals surface area contributed by atoms with E-state index in [0.717, 1.165) is 43.0 Å². The molecule has 1 N–H and O–H groups in total. The predicted molar refractivity (Wildman–Crippen MR) is 97.5 cm³/mol. The number of halogens is 1. The van der Waals surface area contributed by atoms with Crippen molar-refractivity contribution in [2.75, 3.05) is 26.3 Å². The molecule has 118 valence electrons. The van der Waals surface area contributed by atoms with Crippen molar-refractivity contribution in [1.29, 1.82) is 0 Å². The molecule has 1 saturated heterocycles. The van der Waals surface area contributed by atoms with E-state index in [1.165, 1.54) is 22.0 Å². The molecule has 0 radical (unpaired) electrons. The fraction of sp³-hybridized carbons (Fsp3) is 0.263. The maximum absolute atomic E-state index is 5.42. The smallest absolute Gasteiger partial charge is 0.0609 e. The number of ether oxygens (including phenoxy) is 1. The van der Waals surface area contributed by atoms with Crippen LogP contribution in [-0.4, -0.2) is 36.2 Å². The van der Waals surface area contributed by atoms with Crippen LogP contribution in [0.2, 0.25) is 0 Å². The monoisotopic (exact) mass is 370 g/mol. The second-order valence-corrected chi connectivity index (χ2v) is 6.74. The lowest BCUT2D eigenvalue weighted by Crippen LogP contribution is -2.35. The first-order valence-electron chi connectivity index (χ1n) is 7.97. The van der Waals surface area contributed by atoms with Crippen LogP contribution in [0.5, 0.6) is 0 Å². The van der Waals surface area contributed by atoms with E-state index in [0.29, 0.717) is 0 Å². The Hall–Kier alpha value is -1.62. The Kier molecular flexibility index (Phi) is 4.21. The Morgan fingerprint density at radius 1 is 1.04 bits per heavy atom. The third-order valence-electron chi connectivity index (χ3n) is 4.37. The fourth-order valence-corrected chi connectivity index (χ4v) is 3.78. The molecule has 0 spiro atoms. The topological polar surface area (TPSA) is 28.3 Å². The number of hydrogen-bond donors (Lipinski definition) is 1. The predicted octanol–water partition coefficient (Wildman–Crippen LogP) is 4.43. The summed E-state index contributed by atoms with van der Waals surface area (Å²) >= 11 is 3.78. The van der Waals surface area contributed by atoms with Gasteiger partial charge in [-0.05, 0) is 39.2 Å². The molecule has 0 aliphatic carbocycles. The van der Waals surface area contributed by atoms with Crippen molar-refractivity contribution in [1.82, 2.24) is 9.88 Å². The minimum Gasteiger partial charge on any atom is -0.379 e. The summed E-state index contributed by atoms with van der Waals surface area (Å²) in [6.45, 7) is 4.70. The molecule has 1 aromatic heterocycles. The van der Waals surface area contributed by atoms with Gasteiger partial charge in [-0.25, -0.2) is 0 Å². The lowest BCUT2D eigenvalue weighted by molar-refractivity contribution is 0.0342. The van der Waals surface area contributed by atoms with Crippen LogP contribution in [-0.2, 0) is 11.3 Å². The zero-order valence-corrected chi connectivity index (χ0v) is 14.5. The van der Waals surface area contributed by atoms with E-state index in [9.17, 15) is 0 Å². The third kappa shape index (κ3) is 3.07. The number of aromatic nitrogens is 1. The molecular weight excluding hydrogens is 352 g/mol. The van der Waals surface area contributed by atoms with Crippen molar-refractivity contribution in [2.24, 2.45) is 0 Å². The summed E-state index contributed by atoms with van der Waals surface area (Å²) in [5.41, 5.74) is 4.86. The van der Waals surface area contributed by atoms with E-state index in [1.54, 1.807) is 0 Å². The number of H-pyrrole nitrogens is 1. The molecule has 4 heteroatoms. The molecular formula is C19H19BrN2O. The van der Waals surface area contributed by atoms with Crippen LogP contribution in [0.25, 0.3) is 22.2 Å². The highest BCUT2D eigenvalue weighted by Gasteiger charge is 2.14. The molecule has 0 bridgehead atoms. The van der Waals surface area contributed by atoms with Crippen molar-refractivity contribution >= 4 is 26.8 Å². The van der Waals surface area contributed by atoms with Gasteiger partial charge in [-0.15, -0.1) is 0 Å². The Labute approximate surface area is 144 Å². The van der Waals surface area contributed by atoms with Crippen molar-refractivity contribution in [3.05, 3.63) is 58.6 Å². The molecule has 1 aliphatic rings. The SMILES string of the molecule is Brc1c(-c2ccccc2)[nH]c2ccc(CN3CCOCC3)cc12. The summed E-state index contributed by atoms with van der Waals surface area (Å²) in [6, 6.07) is 17.1. The molecule has 0 unspecified atom stereocenters. The third-order valence-corrected chi connectivity index (χ3v) is 5.20. The highest BCUT2D eigenvalue weighted by atomic mass is 79.9. The molecule has 1 aliphatic heterocycles. The molecule has 2 heterocycles. The van der Waals surface area contributed by atoms with E-state index in [-0.39, 0.29) is 0 Å². The largest absolute Gasteiger partial charge is 0.379 e. The van der Waals surface area contributed by atoms with Gasteiger partial charge in [0.15, 0.2) is 0 Å². The average Bonchev–Trinajstić information content (AvgIpc) is 2.93. The van der Waals surface area contributed by atoms with Gasteiger partial charge in [0.2, 0.25) is 0 Å². The van der Waals surface area contributed by atoms with Gasteiger partial charge in [-0.2, -0.15) is 0 Å². The van der Waals surface area contributed by atoms with E-state index >= 15 is 0 Å². The number of benzene rings is 2. The van der Waals surface area contributed by atoms with Gasteiger partial charge in [-0.1, -0.05) is 36.4 Å². The maximum Gasteiger partial charge on any atom is 0.0609 e. The van der Waals surface area contributed by atoms with Crippen LogP contribution in [0.3, 0.4) is 0 Å². The van der Waals surface area contributed by atoms with Crippen molar-refractivity contribution in [3.63, 3.8) is 0 Å². The number of rotatable bonds is 3. The Balaban J connectivity index is 1.67. The molecule has 23 heavy (non-hydrogen) atoms. The quantitative estimate of drug-likeness (QED) is 0.738. The lowest BCUT2D eigenvalue weighted by Gasteiger charge is -2.26. The summed E-state index contributed by atoms with van der Waals surface area (Å²) in [4.78, 5) is 5.98. The average molecular weight is 371 g/mol. The van der Waals surface area contributed by atoms with Gasteiger partial charge < -0.3 is 9.72 Å². The van der Waals surface area contributed by atoms with Crippen molar-refractivity contribution in [3.8, 4) is 11.3 Å². The van der Waals surface area contributed by atoms with Gasteiger partial charge in [0.1, 0.15) is 0 Å². The van der Waals surface area contributed by atoms with Crippen molar-refractivity contribution < 1.29 is 4.74 Å². The first kappa shape index (κ1) is 14.9. The van der Waals surface area contributed by atoms with Gasteiger partial charge in [0.05, 0.1) is 23.4 Å². The van der Waals surface area contributed by atoms with Gasteiger partial charge in [-0.3, -0.25) is 4.90 Å². The number of aromatic amines is 1. The lowest BCUT2D eigenvalue weighted by atomic mass is 10.1. The number of nitrogens with zero attached hydrogens (tertiary/aromatic N) is 1. The molecule has 0 amide bonds. The van der Waals surface area contributed by atoms with Crippen LogP contribution in [0.15, 0.2) is 53.0 Å². The van der Waals surface area contributed by atoms with Crippen LogP contribution in [0.1, 0.15) is 5.56 Å². The molecule has 3 nitrogen and oxygen atoms in total. The molecule has 4 rings (SSSR count). The van der Waals surface area contributed by atoms with E-state index in [4.69, 9.17) is 4.74 Å². The van der Waals surface area contributed by atoms with E-state index in [2.05, 4.69) is 68.3 Å². The minimum atomic E-state index is 0.842. The number of fused-ring (bicyclic) bond motifs is 1. The highest BCUT2D eigenvalue weighted by molar-refractivity contribution is 9.10. The maximum atomic E-state index is 5.42. The van der Waals surface area contributed by atoms with Crippen LogP contribution in [0, 0.1) is 0 Å². The highest BCUT2D eigenvalue weighted by Crippen LogP contribution is 2.35. The summed E-state index contributed by atoms with van der Waals surface area (Å²) in [6.07, 6.45) is 0. The number of hydrogen-bond acceptors (Lipinski definition) is 2. The first-order valence-corrected chi connectivity index (χ1v) is 8.76. The minimum absolute atomic E-state index is 0.842. The normalized spacial score (nSPS) is 16.0. The summed E-state index contributed by atoms with van der Waals surface area (Å²) in [7, 11) is 0. The van der Waals surface area contributed by atoms with E-state index in [1.807, 2.05) is 6.07 Å². The second kappa shape index (κ2) is 6.48. The van der Waals surface area contributed by atoms with E-state index < -0.39 is 0 Å². The molecule has 0 saturated carbocycles. The van der Waals surface area contributed by atoms with Gasteiger partial charge >= 0.3 is 0 Å². The Morgan fingerprint density at radius 3 is 2.61 bits per heavy atom. The van der Waals surface area contributed by atoms with Crippen LogP contribution < -0.4 is 0 Å². The number of nitrogens with one attached hydrogen (secondary N) is 1. The number of morpholine rings is 1. The Bertz CT molecular complexity index is 807. The summed E-state index contributed by atoms with van der Waals surface area (Å²) in [5.74, 6) is 0. The Morgan fingerprint density at radius 2 is 1.83 bits per heavy atom. The second-order valence-electron chi connectivity index (χ2n) is 5.95. The first-order chi connectivity index (χ1) is 11.3. The van der Waals surface area contributed by atoms with Crippen LogP contribution in [0.4, 0.5) is 0 Å². The summed E-state index contributed by atoms with van der Waals surface area (Å²) < 4.78 is 6.57. The summed E-state index contributed by atoms with van der Waals surface area (Å²) in [5, 5.41) is 1.25. The molecule has 1 fully saturated rings.